The molecule has 9 heteroatoms. The maximum Gasteiger partial charge on any atom is 0.413 e. The SMILES string of the molecule is CCOC(=O)NC(=O)[C@H](CC(=O)Nc1nc2cc(OC)ccc2s1)[C@H](C)c1ccccc1. The molecule has 0 radical (unpaired) electrons. The van der Waals surface area contributed by atoms with Crippen molar-refractivity contribution >= 4 is 44.6 Å². The van der Waals surface area contributed by atoms with Crippen LogP contribution in [0.15, 0.2) is 48.5 Å². The maximum atomic E-state index is 12.8. The molecule has 2 atom stereocenters. The highest BCUT2D eigenvalue weighted by Crippen LogP contribution is 2.30. The van der Waals surface area contributed by atoms with Gasteiger partial charge in [-0.1, -0.05) is 48.6 Å². The van der Waals surface area contributed by atoms with E-state index in [9.17, 15) is 14.4 Å². The highest BCUT2D eigenvalue weighted by Gasteiger charge is 2.30. The number of carbonyl (C=O) groups is 3. The topological polar surface area (TPSA) is 107 Å². The van der Waals surface area contributed by atoms with Gasteiger partial charge in [0.05, 0.1) is 29.9 Å². The Morgan fingerprint density at radius 3 is 2.56 bits per heavy atom. The summed E-state index contributed by atoms with van der Waals surface area (Å²) in [5.41, 5.74) is 1.59. The largest absolute Gasteiger partial charge is 0.497 e. The molecule has 168 valence electrons. The molecule has 1 heterocycles. The molecule has 0 saturated heterocycles. The molecule has 0 aliphatic heterocycles. The minimum Gasteiger partial charge on any atom is -0.497 e. The zero-order valence-electron chi connectivity index (χ0n) is 18.1. The summed E-state index contributed by atoms with van der Waals surface area (Å²) < 4.78 is 10.9. The molecule has 0 unspecified atom stereocenters. The number of aromatic nitrogens is 1. The summed E-state index contributed by atoms with van der Waals surface area (Å²) in [6.45, 7) is 3.64. The van der Waals surface area contributed by atoms with Gasteiger partial charge in [0.25, 0.3) is 0 Å². The van der Waals surface area contributed by atoms with Crippen LogP contribution >= 0.6 is 11.3 Å². The standard InChI is InChI=1S/C23H25N3O5S/c1-4-31-23(29)26-21(28)17(14(2)15-8-6-5-7-9-15)13-20(27)25-22-24-18-12-16(30-3)10-11-19(18)32-22/h5-12,14,17H,4,13H2,1-3H3,(H,24,25,27)(H,26,28,29)/t14-,17-/m1/s1. The Bertz CT molecular complexity index is 1100. The first-order chi connectivity index (χ1) is 15.4. The number of imide groups is 1. The molecule has 2 aromatic carbocycles. The fourth-order valence-electron chi connectivity index (χ4n) is 3.30. The fraction of sp³-hybridized carbons (Fsp3) is 0.304. The molecule has 0 aliphatic rings. The van der Waals surface area contributed by atoms with Gasteiger partial charge in [-0.05, 0) is 30.5 Å². The highest BCUT2D eigenvalue weighted by molar-refractivity contribution is 7.22. The highest BCUT2D eigenvalue weighted by atomic mass is 32.1. The van der Waals surface area contributed by atoms with Gasteiger partial charge in [-0.2, -0.15) is 0 Å². The van der Waals surface area contributed by atoms with Gasteiger partial charge in [0, 0.05) is 12.5 Å². The monoisotopic (exact) mass is 455 g/mol. The van der Waals surface area contributed by atoms with Gasteiger partial charge in [-0.15, -0.1) is 0 Å². The third kappa shape index (κ3) is 5.82. The number of fused-ring (bicyclic) bond motifs is 1. The van der Waals surface area contributed by atoms with E-state index in [0.717, 1.165) is 10.3 Å². The lowest BCUT2D eigenvalue weighted by molar-refractivity contribution is -0.128. The van der Waals surface area contributed by atoms with E-state index in [1.54, 1.807) is 20.1 Å². The van der Waals surface area contributed by atoms with E-state index in [-0.39, 0.29) is 24.9 Å². The average molecular weight is 456 g/mol. The fourth-order valence-corrected chi connectivity index (χ4v) is 4.17. The van der Waals surface area contributed by atoms with Crippen molar-refractivity contribution in [1.82, 2.24) is 10.3 Å². The molecule has 2 N–H and O–H groups in total. The number of nitrogens with one attached hydrogen (secondary N) is 2. The second-order valence-electron chi connectivity index (χ2n) is 7.12. The van der Waals surface area contributed by atoms with E-state index in [4.69, 9.17) is 9.47 Å². The quantitative estimate of drug-likeness (QED) is 0.524. The molecule has 0 fully saturated rings. The van der Waals surface area contributed by atoms with Gasteiger partial charge in [0.2, 0.25) is 11.8 Å². The van der Waals surface area contributed by atoms with Crippen molar-refractivity contribution in [2.45, 2.75) is 26.2 Å². The first kappa shape index (κ1) is 23.2. The number of benzene rings is 2. The molecular weight excluding hydrogens is 430 g/mol. The van der Waals surface area contributed by atoms with Crippen molar-refractivity contribution in [3.8, 4) is 5.75 Å². The summed E-state index contributed by atoms with van der Waals surface area (Å²) in [6.07, 6.45) is -0.955. The summed E-state index contributed by atoms with van der Waals surface area (Å²) in [6, 6.07) is 14.8. The van der Waals surface area contributed by atoms with Crippen LogP contribution in [0.3, 0.4) is 0 Å². The van der Waals surface area contributed by atoms with E-state index in [2.05, 4.69) is 15.6 Å². The predicted molar refractivity (Wildman–Crippen MR) is 123 cm³/mol. The van der Waals surface area contributed by atoms with Gasteiger partial charge in [-0.3, -0.25) is 14.9 Å². The second kappa shape index (κ2) is 10.7. The Balaban J connectivity index is 1.76. The van der Waals surface area contributed by atoms with Crippen molar-refractivity contribution in [3.05, 3.63) is 54.1 Å². The Morgan fingerprint density at radius 2 is 1.88 bits per heavy atom. The van der Waals surface area contributed by atoms with Crippen LogP contribution in [0.5, 0.6) is 5.75 Å². The Kier molecular flexibility index (Phi) is 7.77. The van der Waals surface area contributed by atoms with Crippen LogP contribution in [0.2, 0.25) is 0 Å². The van der Waals surface area contributed by atoms with E-state index >= 15 is 0 Å². The minimum absolute atomic E-state index is 0.124. The second-order valence-corrected chi connectivity index (χ2v) is 8.15. The molecule has 32 heavy (non-hydrogen) atoms. The number of rotatable bonds is 8. The lowest BCUT2D eigenvalue weighted by atomic mass is 9.84. The van der Waals surface area contributed by atoms with Crippen LogP contribution in [-0.2, 0) is 14.3 Å². The average Bonchev–Trinajstić information content (AvgIpc) is 3.18. The molecular formula is C23H25N3O5S. The number of carbonyl (C=O) groups excluding carboxylic acids is 3. The molecule has 3 rings (SSSR count). The van der Waals surface area contributed by atoms with Crippen LogP contribution in [0.1, 0.15) is 31.7 Å². The first-order valence-corrected chi connectivity index (χ1v) is 11.0. The summed E-state index contributed by atoms with van der Waals surface area (Å²) in [4.78, 5) is 41.8. The summed E-state index contributed by atoms with van der Waals surface area (Å²) in [5, 5.41) is 5.42. The number of thiazole rings is 1. The molecule has 1 aromatic heterocycles. The molecule has 0 saturated carbocycles. The summed E-state index contributed by atoms with van der Waals surface area (Å²) >= 11 is 1.33. The van der Waals surface area contributed by atoms with E-state index < -0.39 is 17.9 Å². The zero-order chi connectivity index (χ0) is 23.1. The van der Waals surface area contributed by atoms with Gasteiger partial charge in [0.1, 0.15) is 5.75 Å². The van der Waals surface area contributed by atoms with Crippen LogP contribution in [-0.4, -0.2) is 36.6 Å². The van der Waals surface area contributed by atoms with Crippen LogP contribution in [0.25, 0.3) is 10.2 Å². The summed E-state index contributed by atoms with van der Waals surface area (Å²) in [7, 11) is 1.58. The lowest BCUT2D eigenvalue weighted by Crippen LogP contribution is -2.39. The van der Waals surface area contributed by atoms with Gasteiger partial charge < -0.3 is 14.8 Å². The maximum absolute atomic E-state index is 12.8. The lowest BCUT2D eigenvalue weighted by Gasteiger charge is -2.22. The minimum atomic E-state index is -0.830. The van der Waals surface area contributed by atoms with Crippen LogP contribution in [0.4, 0.5) is 9.93 Å². The van der Waals surface area contributed by atoms with Crippen molar-refractivity contribution < 1.29 is 23.9 Å². The number of alkyl carbamates (subject to hydrolysis) is 1. The van der Waals surface area contributed by atoms with E-state index in [0.29, 0.717) is 16.4 Å². The Morgan fingerprint density at radius 1 is 1.12 bits per heavy atom. The number of hydrogen-bond donors (Lipinski definition) is 2. The van der Waals surface area contributed by atoms with Crippen LogP contribution < -0.4 is 15.4 Å². The van der Waals surface area contributed by atoms with Crippen molar-refractivity contribution in [2.24, 2.45) is 5.92 Å². The number of nitrogens with zero attached hydrogens (tertiary/aromatic N) is 1. The molecule has 0 spiro atoms. The number of methoxy groups -OCH3 is 1. The molecule has 3 amide bonds. The predicted octanol–water partition coefficient (Wildman–Crippen LogP) is 4.33. The first-order valence-electron chi connectivity index (χ1n) is 10.2. The third-order valence-corrected chi connectivity index (χ3v) is 5.96. The number of anilines is 1. The van der Waals surface area contributed by atoms with E-state index in [1.165, 1.54) is 11.3 Å². The van der Waals surface area contributed by atoms with Crippen molar-refractivity contribution in [2.75, 3.05) is 19.0 Å². The number of hydrogen-bond acceptors (Lipinski definition) is 7. The Hall–Kier alpha value is -3.46. The number of amides is 3. The summed E-state index contributed by atoms with van der Waals surface area (Å²) in [5.74, 6) is -1.35. The van der Waals surface area contributed by atoms with Crippen LogP contribution in [0, 0.1) is 5.92 Å². The van der Waals surface area contributed by atoms with E-state index in [1.807, 2.05) is 49.4 Å². The molecule has 8 nitrogen and oxygen atoms in total. The van der Waals surface area contributed by atoms with Gasteiger partial charge in [-0.25, -0.2) is 9.78 Å². The molecule has 3 aromatic rings. The van der Waals surface area contributed by atoms with Crippen molar-refractivity contribution in [1.29, 1.82) is 0 Å². The van der Waals surface area contributed by atoms with Gasteiger partial charge in [0.15, 0.2) is 5.13 Å². The number of ether oxygens (including phenoxy) is 2. The normalized spacial score (nSPS) is 12.6. The third-order valence-electron chi connectivity index (χ3n) is 5.01. The molecule has 0 bridgehead atoms. The zero-order valence-corrected chi connectivity index (χ0v) is 18.9. The smallest absolute Gasteiger partial charge is 0.413 e. The van der Waals surface area contributed by atoms with Gasteiger partial charge >= 0.3 is 6.09 Å². The van der Waals surface area contributed by atoms with Crippen molar-refractivity contribution in [3.63, 3.8) is 0 Å². The molecule has 0 aliphatic carbocycles. The Labute approximate surface area is 189 Å².